The van der Waals surface area contributed by atoms with Gasteiger partial charge in [-0.15, -0.1) is 0 Å². The summed E-state index contributed by atoms with van der Waals surface area (Å²) in [5.74, 6) is -0.491. The van der Waals surface area contributed by atoms with Gasteiger partial charge in [0.2, 0.25) is 0 Å². The number of ether oxygens (including phenoxy) is 1. The number of hydrogen-bond donors (Lipinski definition) is 1. The van der Waals surface area contributed by atoms with Crippen molar-refractivity contribution >= 4 is 11.4 Å². The van der Waals surface area contributed by atoms with E-state index in [1.807, 2.05) is 0 Å². The summed E-state index contributed by atoms with van der Waals surface area (Å²) in [6.45, 7) is 1.21. The molecular weight excluding hydrogens is 227 g/mol. The van der Waals surface area contributed by atoms with Crippen molar-refractivity contribution in [3.05, 3.63) is 34.1 Å². The quantitative estimate of drug-likeness (QED) is 0.650. The Morgan fingerprint density at radius 2 is 2.35 bits per heavy atom. The van der Waals surface area contributed by atoms with Crippen molar-refractivity contribution in [2.75, 3.05) is 18.5 Å². The van der Waals surface area contributed by atoms with Crippen molar-refractivity contribution in [3.63, 3.8) is 0 Å². The molecule has 0 amide bonds. The Kier molecular flexibility index (Phi) is 3.53. The fourth-order valence-electron chi connectivity index (χ4n) is 1.86. The van der Waals surface area contributed by atoms with E-state index in [4.69, 9.17) is 4.74 Å². The lowest BCUT2D eigenvalue weighted by atomic mass is 10.1. The number of anilines is 1. The number of halogens is 1. The van der Waals surface area contributed by atoms with Crippen LogP contribution in [0.1, 0.15) is 12.8 Å². The van der Waals surface area contributed by atoms with Crippen molar-refractivity contribution < 1.29 is 14.1 Å². The van der Waals surface area contributed by atoms with E-state index in [1.165, 1.54) is 6.07 Å². The summed E-state index contributed by atoms with van der Waals surface area (Å²) in [4.78, 5) is 10.3. The van der Waals surface area contributed by atoms with Crippen molar-refractivity contribution in [2.24, 2.45) is 0 Å². The largest absolute Gasteiger partial charge is 0.379 e. The number of rotatable bonds is 3. The molecule has 0 aliphatic carbocycles. The molecule has 0 bridgehead atoms. The van der Waals surface area contributed by atoms with Crippen LogP contribution in [0.4, 0.5) is 15.8 Å². The maximum Gasteiger partial charge on any atom is 0.292 e. The lowest BCUT2D eigenvalue weighted by molar-refractivity contribution is -0.384. The second kappa shape index (κ2) is 5.09. The van der Waals surface area contributed by atoms with Crippen LogP contribution in [-0.4, -0.2) is 24.2 Å². The van der Waals surface area contributed by atoms with Crippen LogP contribution in [0.5, 0.6) is 0 Å². The molecule has 1 heterocycles. The lowest BCUT2D eigenvalue weighted by Gasteiger charge is -2.23. The van der Waals surface area contributed by atoms with Gasteiger partial charge in [-0.25, -0.2) is 4.39 Å². The zero-order valence-electron chi connectivity index (χ0n) is 9.19. The minimum atomic E-state index is -0.522. The SMILES string of the molecule is O=[N+]([O-])c1ccc(F)cc1NC1CCCOC1. The van der Waals surface area contributed by atoms with Gasteiger partial charge in [0, 0.05) is 24.8 Å². The number of benzene rings is 1. The molecule has 6 heteroatoms. The highest BCUT2D eigenvalue weighted by molar-refractivity contribution is 5.61. The number of nitro benzene ring substituents is 1. The predicted octanol–water partition coefficient (Wildman–Crippen LogP) is 2.32. The third kappa shape index (κ3) is 2.91. The topological polar surface area (TPSA) is 64.4 Å². The molecule has 1 atom stereocenters. The van der Waals surface area contributed by atoms with E-state index in [-0.39, 0.29) is 17.4 Å². The Morgan fingerprint density at radius 3 is 3.00 bits per heavy atom. The van der Waals surface area contributed by atoms with Crippen molar-refractivity contribution in [1.82, 2.24) is 0 Å². The van der Waals surface area contributed by atoms with Crippen molar-refractivity contribution in [2.45, 2.75) is 18.9 Å². The minimum Gasteiger partial charge on any atom is -0.379 e. The summed E-state index contributed by atoms with van der Waals surface area (Å²) in [6.07, 6.45) is 1.77. The zero-order chi connectivity index (χ0) is 12.3. The van der Waals surface area contributed by atoms with Crippen LogP contribution in [-0.2, 0) is 4.74 Å². The molecule has 1 aromatic rings. The molecule has 0 radical (unpaired) electrons. The molecule has 17 heavy (non-hydrogen) atoms. The van der Waals surface area contributed by atoms with Gasteiger partial charge in [0.05, 0.1) is 11.5 Å². The van der Waals surface area contributed by atoms with Crippen LogP contribution in [0.3, 0.4) is 0 Å². The first-order valence-electron chi connectivity index (χ1n) is 5.45. The molecule has 92 valence electrons. The minimum absolute atomic E-state index is 0.00394. The fraction of sp³-hybridized carbons (Fsp3) is 0.455. The van der Waals surface area contributed by atoms with Gasteiger partial charge in [-0.05, 0) is 18.9 Å². The monoisotopic (exact) mass is 240 g/mol. The van der Waals surface area contributed by atoms with Crippen LogP contribution < -0.4 is 5.32 Å². The second-order valence-corrected chi connectivity index (χ2v) is 3.98. The van der Waals surface area contributed by atoms with E-state index >= 15 is 0 Å². The summed E-state index contributed by atoms with van der Waals surface area (Å²) < 4.78 is 18.3. The van der Waals surface area contributed by atoms with E-state index in [0.29, 0.717) is 13.2 Å². The maximum absolute atomic E-state index is 13.1. The third-order valence-corrected chi connectivity index (χ3v) is 2.68. The molecule has 1 aliphatic rings. The Hall–Kier alpha value is -1.69. The van der Waals surface area contributed by atoms with Gasteiger partial charge in [0.15, 0.2) is 0 Å². The first-order valence-corrected chi connectivity index (χ1v) is 5.45. The molecule has 5 nitrogen and oxygen atoms in total. The van der Waals surface area contributed by atoms with E-state index in [1.54, 1.807) is 0 Å². The molecule has 1 fully saturated rings. The summed E-state index contributed by atoms with van der Waals surface area (Å²) in [6, 6.07) is 3.40. The summed E-state index contributed by atoms with van der Waals surface area (Å²) in [5, 5.41) is 13.8. The van der Waals surface area contributed by atoms with Gasteiger partial charge in [-0.1, -0.05) is 0 Å². The number of nitrogens with zero attached hydrogens (tertiary/aromatic N) is 1. The highest BCUT2D eigenvalue weighted by Gasteiger charge is 2.19. The normalized spacial score (nSPS) is 19.9. The molecule has 2 rings (SSSR count). The third-order valence-electron chi connectivity index (χ3n) is 2.68. The van der Waals surface area contributed by atoms with E-state index in [9.17, 15) is 14.5 Å². The molecule has 1 aliphatic heterocycles. The molecular formula is C11H13FN2O3. The molecule has 1 N–H and O–H groups in total. The summed E-state index contributed by atoms with van der Waals surface area (Å²) in [7, 11) is 0. The van der Waals surface area contributed by atoms with Gasteiger partial charge in [-0.2, -0.15) is 0 Å². The highest BCUT2D eigenvalue weighted by Crippen LogP contribution is 2.26. The van der Waals surface area contributed by atoms with E-state index in [2.05, 4.69) is 5.32 Å². The van der Waals surface area contributed by atoms with Gasteiger partial charge >= 0.3 is 0 Å². The summed E-state index contributed by atoms with van der Waals surface area (Å²) in [5.41, 5.74) is 0.0995. The second-order valence-electron chi connectivity index (χ2n) is 3.98. The van der Waals surface area contributed by atoms with Gasteiger partial charge in [0.1, 0.15) is 11.5 Å². The number of hydrogen-bond acceptors (Lipinski definition) is 4. The Balaban J connectivity index is 2.17. The maximum atomic E-state index is 13.1. The Labute approximate surface area is 97.7 Å². The van der Waals surface area contributed by atoms with E-state index < -0.39 is 10.7 Å². The first kappa shape index (κ1) is 11.8. The van der Waals surface area contributed by atoms with Crippen LogP contribution >= 0.6 is 0 Å². The van der Waals surface area contributed by atoms with Crippen LogP contribution in [0.2, 0.25) is 0 Å². The number of nitro groups is 1. The van der Waals surface area contributed by atoms with Gasteiger partial charge in [-0.3, -0.25) is 10.1 Å². The van der Waals surface area contributed by atoms with Crippen molar-refractivity contribution in [1.29, 1.82) is 0 Å². The predicted molar refractivity (Wildman–Crippen MR) is 60.5 cm³/mol. The molecule has 1 unspecified atom stereocenters. The van der Waals surface area contributed by atoms with Gasteiger partial charge < -0.3 is 10.1 Å². The van der Waals surface area contributed by atoms with Crippen LogP contribution in [0, 0.1) is 15.9 Å². The lowest BCUT2D eigenvalue weighted by Crippen LogP contribution is -2.30. The standard InChI is InChI=1S/C11H13FN2O3/c12-8-3-4-11(14(15)16)10(6-8)13-9-2-1-5-17-7-9/h3-4,6,9,13H,1-2,5,7H2. The molecule has 0 saturated carbocycles. The number of nitrogens with one attached hydrogen (secondary N) is 1. The Bertz CT molecular complexity index is 419. The van der Waals surface area contributed by atoms with E-state index in [0.717, 1.165) is 25.0 Å². The van der Waals surface area contributed by atoms with Crippen molar-refractivity contribution in [3.8, 4) is 0 Å². The Morgan fingerprint density at radius 1 is 1.53 bits per heavy atom. The first-order chi connectivity index (χ1) is 8.16. The molecule has 0 aromatic heterocycles. The molecule has 1 saturated heterocycles. The molecule has 1 aromatic carbocycles. The smallest absolute Gasteiger partial charge is 0.292 e. The zero-order valence-corrected chi connectivity index (χ0v) is 9.19. The highest BCUT2D eigenvalue weighted by atomic mass is 19.1. The van der Waals surface area contributed by atoms with Crippen LogP contribution in [0.15, 0.2) is 18.2 Å². The average molecular weight is 240 g/mol. The van der Waals surface area contributed by atoms with Gasteiger partial charge in [0.25, 0.3) is 5.69 Å². The van der Waals surface area contributed by atoms with Crippen LogP contribution in [0.25, 0.3) is 0 Å². The fourth-order valence-corrected chi connectivity index (χ4v) is 1.86. The average Bonchev–Trinajstić information content (AvgIpc) is 2.30. The molecule has 0 spiro atoms. The summed E-state index contributed by atoms with van der Waals surface area (Å²) >= 11 is 0.